The molecule has 0 spiro atoms. The lowest BCUT2D eigenvalue weighted by molar-refractivity contribution is -0.128. The van der Waals surface area contributed by atoms with E-state index in [0.717, 1.165) is 25.7 Å². The Morgan fingerprint density at radius 3 is 2.83 bits per heavy atom. The first-order valence-electron chi connectivity index (χ1n) is 6.90. The zero-order chi connectivity index (χ0) is 13.1. The summed E-state index contributed by atoms with van der Waals surface area (Å²) in [5.41, 5.74) is 6.05. The van der Waals surface area contributed by atoms with Crippen molar-refractivity contribution in [2.45, 2.75) is 51.1 Å². The molecule has 1 heterocycles. The van der Waals surface area contributed by atoms with Crippen molar-refractivity contribution in [3.8, 4) is 0 Å². The number of carbonyl (C=O) groups excluding carboxylic acids is 2. The van der Waals surface area contributed by atoms with E-state index < -0.39 is 0 Å². The van der Waals surface area contributed by atoms with Crippen LogP contribution in [-0.2, 0) is 9.59 Å². The molecule has 2 fully saturated rings. The molecule has 1 saturated carbocycles. The molecule has 0 bridgehead atoms. The summed E-state index contributed by atoms with van der Waals surface area (Å²) < 4.78 is 0. The van der Waals surface area contributed by atoms with E-state index in [4.69, 9.17) is 5.73 Å². The molecule has 1 aliphatic carbocycles. The van der Waals surface area contributed by atoms with Gasteiger partial charge in [-0.1, -0.05) is 13.3 Å². The summed E-state index contributed by atoms with van der Waals surface area (Å²) >= 11 is 0. The maximum Gasteiger partial charge on any atom is 0.225 e. The van der Waals surface area contributed by atoms with Gasteiger partial charge < -0.3 is 16.4 Å². The quantitative estimate of drug-likeness (QED) is 0.669. The smallest absolute Gasteiger partial charge is 0.225 e. The normalized spacial score (nSPS) is 36.2. The van der Waals surface area contributed by atoms with Gasteiger partial charge in [-0.15, -0.1) is 0 Å². The van der Waals surface area contributed by atoms with Crippen LogP contribution in [0.25, 0.3) is 0 Å². The number of carbonyl (C=O) groups is 2. The van der Waals surface area contributed by atoms with Gasteiger partial charge in [-0.3, -0.25) is 9.59 Å². The predicted molar refractivity (Wildman–Crippen MR) is 68.7 cm³/mol. The third-order valence-electron chi connectivity index (χ3n) is 4.18. The lowest BCUT2D eigenvalue weighted by atomic mass is 9.76. The zero-order valence-electron chi connectivity index (χ0n) is 10.9. The molecule has 18 heavy (non-hydrogen) atoms. The van der Waals surface area contributed by atoms with Crippen LogP contribution in [-0.4, -0.2) is 30.4 Å². The minimum Gasteiger partial charge on any atom is -0.354 e. The third-order valence-corrected chi connectivity index (χ3v) is 4.18. The third kappa shape index (κ3) is 3.02. The molecule has 0 aromatic heterocycles. The molecule has 2 amide bonds. The second kappa shape index (κ2) is 5.69. The first kappa shape index (κ1) is 13.3. The predicted octanol–water partition coefficient (Wildman–Crippen LogP) is 0.145. The van der Waals surface area contributed by atoms with E-state index in [2.05, 4.69) is 17.6 Å². The van der Waals surface area contributed by atoms with E-state index in [-0.39, 0.29) is 29.8 Å². The van der Waals surface area contributed by atoms with Crippen LogP contribution in [0, 0.1) is 11.8 Å². The molecule has 5 nitrogen and oxygen atoms in total. The Morgan fingerprint density at radius 2 is 2.22 bits per heavy atom. The SMILES string of the molecule is CC1CCCC(N)C1C(=O)NCC1CCC(=O)N1. The molecule has 2 rings (SSSR count). The van der Waals surface area contributed by atoms with Crippen LogP contribution in [0.4, 0.5) is 0 Å². The maximum atomic E-state index is 12.2. The van der Waals surface area contributed by atoms with Crippen molar-refractivity contribution in [2.75, 3.05) is 6.54 Å². The minimum atomic E-state index is -0.0733. The fourth-order valence-electron chi connectivity index (χ4n) is 3.08. The number of nitrogens with two attached hydrogens (primary N) is 1. The van der Waals surface area contributed by atoms with Gasteiger partial charge in [0.1, 0.15) is 0 Å². The van der Waals surface area contributed by atoms with Gasteiger partial charge >= 0.3 is 0 Å². The Hall–Kier alpha value is -1.10. The van der Waals surface area contributed by atoms with Gasteiger partial charge in [0.05, 0.1) is 5.92 Å². The van der Waals surface area contributed by atoms with Crippen LogP contribution in [0.5, 0.6) is 0 Å². The highest BCUT2D eigenvalue weighted by Gasteiger charge is 2.34. The van der Waals surface area contributed by atoms with Crippen LogP contribution < -0.4 is 16.4 Å². The topological polar surface area (TPSA) is 84.2 Å². The van der Waals surface area contributed by atoms with Gasteiger partial charge in [0, 0.05) is 25.0 Å². The lowest BCUT2D eigenvalue weighted by Gasteiger charge is -2.33. The highest BCUT2D eigenvalue weighted by molar-refractivity contribution is 5.81. The number of rotatable bonds is 3. The Morgan fingerprint density at radius 1 is 1.44 bits per heavy atom. The first-order valence-corrected chi connectivity index (χ1v) is 6.90. The molecule has 5 heteroatoms. The molecule has 1 saturated heterocycles. The van der Waals surface area contributed by atoms with E-state index >= 15 is 0 Å². The number of nitrogens with one attached hydrogen (secondary N) is 2. The van der Waals surface area contributed by atoms with Gasteiger partial charge in [0.2, 0.25) is 11.8 Å². The molecule has 1 aliphatic heterocycles. The number of amides is 2. The van der Waals surface area contributed by atoms with Gasteiger partial charge in [0.15, 0.2) is 0 Å². The van der Waals surface area contributed by atoms with E-state index in [1.807, 2.05) is 0 Å². The Balaban J connectivity index is 1.81. The highest BCUT2D eigenvalue weighted by Crippen LogP contribution is 2.28. The molecule has 0 radical (unpaired) electrons. The summed E-state index contributed by atoms with van der Waals surface area (Å²) in [7, 11) is 0. The van der Waals surface area contributed by atoms with Crippen LogP contribution in [0.1, 0.15) is 39.0 Å². The fraction of sp³-hybridized carbons (Fsp3) is 0.846. The Labute approximate surface area is 108 Å². The number of hydrogen-bond acceptors (Lipinski definition) is 3. The average Bonchev–Trinajstić information content (AvgIpc) is 2.72. The van der Waals surface area contributed by atoms with Crippen molar-refractivity contribution in [3.63, 3.8) is 0 Å². The summed E-state index contributed by atoms with van der Waals surface area (Å²) in [6, 6.07) is 0.0727. The van der Waals surface area contributed by atoms with Crippen molar-refractivity contribution in [1.82, 2.24) is 10.6 Å². The highest BCUT2D eigenvalue weighted by atomic mass is 16.2. The minimum absolute atomic E-state index is 0.0214. The van der Waals surface area contributed by atoms with Crippen molar-refractivity contribution >= 4 is 11.8 Å². The molecule has 4 atom stereocenters. The van der Waals surface area contributed by atoms with E-state index in [9.17, 15) is 9.59 Å². The largest absolute Gasteiger partial charge is 0.354 e. The second-order valence-electron chi connectivity index (χ2n) is 5.65. The van der Waals surface area contributed by atoms with Crippen molar-refractivity contribution in [2.24, 2.45) is 17.6 Å². The molecular formula is C13H23N3O2. The molecular weight excluding hydrogens is 230 g/mol. The standard InChI is InChI=1S/C13H23N3O2/c1-8-3-2-4-10(14)12(8)13(18)15-7-9-5-6-11(17)16-9/h8-10,12H,2-7,14H2,1H3,(H,15,18)(H,16,17). The van der Waals surface area contributed by atoms with Crippen LogP contribution >= 0.6 is 0 Å². The summed E-state index contributed by atoms with van der Waals surface area (Å²) in [5, 5.41) is 5.79. The van der Waals surface area contributed by atoms with Crippen molar-refractivity contribution in [1.29, 1.82) is 0 Å². The average molecular weight is 253 g/mol. The van der Waals surface area contributed by atoms with Crippen molar-refractivity contribution < 1.29 is 9.59 Å². The van der Waals surface area contributed by atoms with Crippen LogP contribution in [0.2, 0.25) is 0 Å². The molecule has 0 aromatic rings. The molecule has 2 aliphatic rings. The Kier molecular flexibility index (Phi) is 4.22. The second-order valence-corrected chi connectivity index (χ2v) is 5.65. The molecule has 0 aromatic carbocycles. The molecule has 4 unspecified atom stereocenters. The van der Waals surface area contributed by atoms with E-state index in [0.29, 0.717) is 18.9 Å². The van der Waals surface area contributed by atoms with Crippen molar-refractivity contribution in [3.05, 3.63) is 0 Å². The summed E-state index contributed by atoms with van der Waals surface area (Å²) in [6.07, 6.45) is 4.50. The van der Waals surface area contributed by atoms with Crippen LogP contribution in [0.15, 0.2) is 0 Å². The maximum absolute atomic E-state index is 12.2. The monoisotopic (exact) mass is 253 g/mol. The zero-order valence-corrected chi connectivity index (χ0v) is 10.9. The molecule has 102 valence electrons. The fourth-order valence-corrected chi connectivity index (χ4v) is 3.08. The summed E-state index contributed by atoms with van der Waals surface area (Å²) in [5.74, 6) is 0.413. The lowest BCUT2D eigenvalue weighted by Crippen LogP contribution is -2.49. The van der Waals surface area contributed by atoms with Gasteiger partial charge in [0.25, 0.3) is 0 Å². The van der Waals surface area contributed by atoms with E-state index in [1.54, 1.807) is 0 Å². The van der Waals surface area contributed by atoms with E-state index in [1.165, 1.54) is 0 Å². The first-order chi connectivity index (χ1) is 8.58. The molecule has 4 N–H and O–H groups in total. The summed E-state index contributed by atoms with van der Waals surface area (Å²) in [4.78, 5) is 23.2. The summed E-state index contributed by atoms with van der Waals surface area (Å²) in [6.45, 7) is 2.63. The Bertz CT molecular complexity index is 322. The van der Waals surface area contributed by atoms with Crippen LogP contribution in [0.3, 0.4) is 0 Å². The van der Waals surface area contributed by atoms with Gasteiger partial charge in [-0.05, 0) is 25.2 Å². The number of hydrogen-bond donors (Lipinski definition) is 3. The van der Waals surface area contributed by atoms with Gasteiger partial charge in [-0.2, -0.15) is 0 Å². The van der Waals surface area contributed by atoms with Gasteiger partial charge in [-0.25, -0.2) is 0 Å².